The molecule has 0 saturated carbocycles. The van der Waals surface area contributed by atoms with Gasteiger partial charge in [0.05, 0.1) is 35.2 Å². The molecule has 1 fully saturated rings. The van der Waals surface area contributed by atoms with E-state index in [-0.39, 0.29) is 17.4 Å². The number of aromatic hydroxyl groups is 1. The largest absolute Gasteiger partial charge is 0.507 e. The van der Waals surface area contributed by atoms with Crippen LogP contribution in [0.4, 0.5) is 11.4 Å². The number of carbonyl (C=O) groups is 1. The van der Waals surface area contributed by atoms with Gasteiger partial charge in [-0.05, 0) is 43.3 Å². The van der Waals surface area contributed by atoms with E-state index >= 15 is 0 Å². The molecule has 0 atom stereocenters. The summed E-state index contributed by atoms with van der Waals surface area (Å²) < 4.78 is 8.08. The van der Waals surface area contributed by atoms with E-state index in [1.807, 2.05) is 23.6 Å². The number of nitrogens with one attached hydrogen (secondary N) is 1. The van der Waals surface area contributed by atoms with Crippen molar-refractivity contribution in [1.82, 2.24) is 14.8 Å². The van der Waals surface area contributed by atoms with Gasteiger partial charge in [0.2, 0.25) is 5.91 Å². The van der Waals surface area contributed by atoms with Crippen LogP contribution in [0.15, 0.2) is 46.0 Å². The molecule has 1 saturated heterocycles. The minimum absolute atomic E-state index is 0.118. The molecule has 0 spiro atoms. The van der Waals surface area contributed by atoms with Crippen molar-refractivity contribution in [2.45, 2.75) is 18.6 Å². The van der Waals surface area contributed by atoms with E-state index in [2.05, 4.69) is 36.3 Å². The zero-order valence-electron chi connectivity index (χ0n) is 17.9. The SMILES string of the molecule is CCn1c(SCC(=O)Nc2ccc(N3CCOCC3)c(Cl)c2)nnc1-c1cc(Br)ccc1O. The Kier molecular flexibility index (Phi) is 7.79. The summed E-state index contributed by atoms with van der Waals surface area (Å²) in [5.74, 6) is 0.648. The first-order valence-electron chi connectivity index (χ1n) is 10.4. The van der Waals surface area contributed by atoms with Gasteiger partial charge in [-0.25, -0.2) is 0 Å². The molecule has 4 rings (SSSR count). The highest BCUT2D eigenvalue weighted by Crippen LogP contribution is 2.33. The van der Waals surface area contributed by atoms with Gasteiger partial charge in [-0.1, -0.05) is 39.3 Å². The van der Waals surface area contributed by atoms with Crippen molar-refractivity contribution in [3.8, 4) is 17.1 Å². The van der Waals surface area contributed by atoms with Crippen LogP contribution in [-0.2, 0) is 16.1 Å². The van der Waals surface area contributed by atoms with Gasteiger partial charge in [0.15, 0.2) is 11.0 Å². The number of hydrogen-bond donors (Lipinski definition) is 2. The Balaban J connectivity index is 1.40. The Morgan fingerprint density at radius 2 is 2.03 bits per heavy atom. The molecule has 1 aliphatic heterocycles. The summed E-state index contributed by atoms with van der Waals surface area (Å²) in [4.78, 5) is 14.7. The molecule has 0 radical (unpaired) electrons. The van der Waals surface area contributed by atoms with E-state index < -0.39 is 0 Å². The van der Waals surface area contributed by atoms with Crippen LogP contribution in [0.2, 0.25) is 5.02 Å². The topological polar surface area (TPSA) is 92.5 Å². The molecule has 2 heterocycles. The Labute approximate surface area is 209 Å². The maximum Gasteiger partial charge on any atom is 0.234 e. The third kappa shape index (κ3) is 5.63. The van der Waals surface area contributed by atoms with Crippen molar-refractivity contribution in [2.24, 2.45) is 0 Å². The van der Waals surface area contributed by atoms with Gasteiger partial charge in [0.1, 0.15) is 5.75 Å². The van der Waals surface area contributed by atoms with Crippen LogP contribution in [0.3, 0.4) is 0 Å². The molecular formula is C22H23BrClN5O3S. The number of nitrogens with zero attached hydrogens (tertiary/aromatic N) is 4. The quantitative estimate of drug-likeness (QED) is 0.412. The summed E-state index contributed by atoms with van der Waals surface area (Å²) in [5.41, 5.74) is 2.15. The van der Waals surface area contributed by atoms with E-state index in [0.29, 0.717) is 47.0 Å². The highest BCUT2D eigenvalue weighted by molar-refractivity contribution is 9.10. The second-order valence-electron chi connectivity index (χ2n) is 7.31. The Morgan fingerprint density at radius 1 is 1.24 bits per heavy atom. The minimum Gasteiger partial charge on any atom is -0.507 e. The van der Waals surface area contributed by atoms with Crippen molar-refractivity contribution < 1.29 is 14.6 Å². The van der Waals surface area contributed by atoms with E-state index in [4.69, 9.17) is 16.3 Å². The van der Waals surface area contributed by atoms with Crippen LogP contribution in [0, 0.1) is 0 Å². The average Bonchev–Trinajstić information content (AvgIpc) is 3.22. The van der Waals surface area contributed by atoms with Gasteiger partial charge in [0, 0.05) is 29.8 Å². The number of halogens is 2. The number of aromatic nitrogens is 3. The fourth-order valence-corrected chi connectivity index (χ4v) is 5.00. The Morgan fingerprint density at radius 3 is 2.76 bits per heavy atom. The number of hydrogen-bond acceptors (Lipinski definition) is 7. The lowest BCUT2D eigenvalue weighted by molar-refractivity contribution is -0.113. The van der Waals surface area contributed by atoms with Gasteiger partial charge in [0.25, 0.3) is 0 Å². The lowest BCUT2D eigenvalue weighted by Crippen LogP contribution is -2.36. The molecule has 3 aromatic rings. The zero-order chi connectivity index (χ0) is 23.4. The number of benzene rings is 2. The summed E-state index contributed by atoms with van der Waals surface area (Å²) in [6.07, 6.45) is 0. The molecule has 1 aromatic heterocycles. The number of rotatable bonds is 7. The number of phenols is 1. The van der Waals surface area contributed by atoms with Crippen LogP contribution in [-0.4, -0.2) is 57.8 Å². The lowest BCUT2D eigenvalue weighted by atomic mass is 10.2. The maximum atomic E-state index is 12.6. The van der Waals surface area contributed by atoms with Gasteiger partial charge in [-0.15, -0.1) is 10.2 Å². The number of amides is 1. The molecule has 0 unspecified atom stereocenters. The molecule has 8 nitrogen and oxygen atoms in total. The lowest BCUT2D eigenvalue weighted by Gasteiger charge is -2.29. The number of ether oxygens (including phenoxy) is 1. The number of thioether (sulfide) groups is 1. The molecule has 11 heteroatoms. The first kappa shape index (κ1) is 23.9. The van der Waals surface area contributed by atoms with Gasteiger partial charge < -0.3 is 24.6 Å². The van der Waals surface area contributed by atoms with E-state index in [0.717, 1.165) is 23.2 Å². The van der Waals surface area contributed by atoms with Crippen molar-refractivity contribution in [3.05, 3.63) is 45.9 Å². The van der Waals surface area contributed by atoms with E-state index in [1.165, 1.54) is 11.8 Å². The molecule has 2 aromatic carbocycles. The van der Waals surface area contributed by atoms with Crippen LogP contribution in [0.1, 0.15) is 6.92 Å². The van der Waals surface area contributed by atoms with Gasteiger partial charge in [-0.3, -0.25) is 4.79 Å². The molecule has 1 aliphatic rings. The smallest absolute Gasteiger partial charge is 0.234 e. The highest BCUT2D eigenvalue weighted by atomic mass is 79.9. The molecule has 2 N–H and O–H groups in total. The van der Waals surface area contributed by atoms with Crippen molar-refractivity contribution in [2.75, 3.05) is 42.3 Å². The summed E-state index contributed by atoms with van der Waals surface area (Å²) in [6.45, 7) is 5.50. The molecule has 1 amide bonds. The van der Waals surface area contributed by atoms with Crippen LogP contribution in [0.25, 0.3) is 11.4 Å². The predicted octanol–water partition coefficient (Wildman–Crippen LogP) is 4.65. The van der Waals surface area contributed by atoms with Gasteiger partial charge in [-0.2, -0.15) is 0 Å². The van der Waals surface area contributed by atoms with Crippen molar-refractivity contribution in [1.29, 1.82) is 0 Å². The molecular weight excluding hydrogens is 530 g/mol. The fraction of sp³-hybridized carbons (Fsp3) is 0.318. The Hall–Kier alpha value is -2.27. The van der Waals surface area contributed by atoms with Crippen LogP contribution in [0.5, 0.6) is 5.75 Å². The average molecular weight is 553 g/mol. The summed E-state index contributed by atoms with van der Waals surface area (Å²) in [5, 5.41) is 22.8. The number of anilines is 2. The second kappa shape index (κ2) is 10.8. The number of carbonyl (C=O) groups excluding carboxylic acids is 1. The van der Waals surface area contributed by atoms with Crippen molar-refractivity contribution >= 4 is 56.6 Å². The third-order valence-corrected chi connectivity index (χ3v) is 6.91. The highest BCUT2D eigenvalue weighted by Gasteiger charge is 2.18. The second-order valence-corrected chi connectivity index (χ2v) is 9.58. The number of phenolic OH excluding ortho intramolecular Hbond substituents is 1. The predicted molar refractivity (Wildman–Crippen MR) is 134 cm³/mol. The monoisotopic (exact) mass is 551 g/mol. The first-order chi connectivity index (χ1) is 16.0. The van der Waals surface area contributed by atoms with Crippen LogP contribution < -0.4 is 10.2 Å². The zero-order valence-corrected chi connectivity index (χ0v) is 21.1. The standard InChI is InChI=1S/C22H23BrClN5O3S/c1-2-29-21(16-11-14(23)3-6-19(16)30)26-27-22(29)33-13-20(31)25-15-4-5-18(17(24)12-15)28-7-9-32-10-8-28/h3-6,11-12,30H,2,7-10,13H2,1H3,(H,25,31). The number of morpholine rings is 1. The van der Waals surface area contributed by atoms with Crippen molar-refractivity contribution in [3.63, 3.8) is 0 Å². The normalized spacial score (nSPS) is 13.8. The molecule has 0 aliphatic carbocycles. The van der Waals surface area contributed by atoms with Gasteiger partial charge >= 0.3 is 0 Å². The molecule has 174 valence electrons. The van der Waals surface area contributed by atoms with Crippen LogP contribution >= 0.6 is 39.3 Å². The summed E-state index contributed by atoms with van der Waals surface area (Å²) >= 11 is 11.2. The maximum absolute atomic E-state index is 12.6. The summed E-state index contributed by atoms with van der Waals surface area (Å²) in [6, 6.07) is 10.7. The van der Waals surface area contributed by atoms with E-state index in [1.54, 1.807) is 24.3 Å². The fourth-order valence-electron chi connectivity index (χ4n) is 3.54. The third-order valence-electron chi connectivity index (χ3n) is 5.15. The molecule has 33 heavy (non-hydrogen) atoms. The molecule has 0 bridgehead atoms. The Bertz CT molecular complexity index is 1150. The first-order valence-corrected chi connectivity index (χ1v) is 12.6. The minimum atomic E-state index is -0.173. The van der Waals surface area contributed by atoms with E-state index in [9.17, 15) is 9.90 Å². The summed E-state index contributed by atoms with van der Waals surface area (Å²) in [7, 11) is 0.